The van der Waals surface area contributed by atoms with Crippen molar-refractivity contribution >= 4 is 11.9 Å². The minimum absolute atomic E-state index is 0.00921. The van der Waals surface area contributed by atoms with Gasteiger partial charge in [0.15, 0.2) is 0 Å². The summed E-state index contributed by atoms with van der Waals surface area (Å²) in [4.78, 5) is 21.4. The van der Waals surface area contributed by atoms with Gasteiger partial charge in [-0.25, -0.2) is 4.79 Å². The second-order valence-corrected chi connectivity index (χ2v) is 2.38. The second kappa shape index (κ2) is 6.05. The SMILES string of the molecule is COC(=O)CCOC(=O)/C=C(\C)N. The number of carbonyl (C=O) groups excluding carboxylic acids is 2. The van der Waals surface area contributed by atoms with Crippen LogP contribution in [0.3, 0.4) is 0 Å². The lowest BCUT2D eigenvalue weighted by atomic mass is 10.4. The molecule has 0 aliphatic rings. The van der Waals surface area contributed by atoms with E-state index >= 15 is 0 Å². The van der Waals surface area contributed by atoms with Crippen LogP contribution in [-0.4, -0.2) is 25.7 Å². The van der Waals surface area contributed by atoms with Crippen molar-refractivity contribution < 1.29 is 19.1 Å². The minimum Gasteiger partial charge on any atom is -0.469 e. The number of hydrogen-bond acceptors (Lipinski definition) is 5. The predicted octanol–water partition coefficient (Wildman–Crippen LogP) is -0.0448. The van der Waals surface area contributed by atoms with Crippen LogP contribution in [0.25, 0.3) is 0 Å². The maximum atomic E-state index is 10.8. The van der Waals surface area contributed by atoms with Gasteiger partial charge >= 0.3 is 11.9 Å². The lowest BCUT2D eigenvalue weighted by molar-refractivity contribution is -0.144. The Morgan fingerprint density at radius 3 is 2.54 bits per heavy atom. The summed E-state index contributed by atoms with van der Waals surface area (Å²) in [7, 11) is 1.27. The monoisotopic (exact) mass is 187 g/mol. The van der Waals surface area contributed by atoms with Crippen molar-refractivity contribution in [1.82, 2.24) is 0 Å². The van der Waals surface area contributed by atoms with Crippen molar-refractivity contribution in [2.45, 2.75) is 13.3 Å². The fourth-order valence-electron chi connectivity index (χ4n) is 0.565. The summed E-state index contributed by atoms with van der Waals surface area (Å²) in [6, 6.07) is 0. The maximum Gasteiger partial charge on any atom is 0.332 e. The molecular formula is C8H13NO4. The van der Waals surface area contributed by atoms with Gasteiger partial charge in [-0.1, -0.05) is 0 Å². The van der Waals surface area contributed by atoms with Crippen molar-refractivity contribution in [3.8, 4) is 0 Å². The molecule has 74 valence electrons. The van der Waals surface area contributed by atoms with Crippen LogP contribution in [0, 0.1) is 0 Å². The van der Waals surface area contributed by atoms with Gasteiger partial charge in [0.05, 0.1) is 13.5 Å². The highest BCUT2D eigenvalue weighted by Crippen LogP contribution is 1.89. The molecule has 5 nitrogen and oxygen atoms in total. The van der Waals surface area contributed by atoms with Crippen LogP contribution in [0.1, 0.15) is 13.3 Å². The summed E-state index contributed by atoms with van der Waals surface area (Å²) in [5.41, 5.74) is 5.58. The first-order chi connectivity index (χ1) is 6.06. The first-order valence-electron chi connectivity index (χ1n) is 3.73. The van der Waals surface area contributed by atoms with Gasteiger partial charge in [0.2, 0.25) is 0 Å². The zero-order valence-corrected chi connectivity index (χ0v) is 7.70. The van der Waals surface area contributed by atoms with E-state index in [4.69, 9.17) is 5.73 Å². The Kier molecular flexibility index (Phi) is 5.34. The molecule has 0 radical (unpaired) electrons. The van der Waals surface area contributed by atoms with Gasteiger partial charge in [0.25, 0.3) is 0 Å². The maximum absolute atomic E-state index is 10.8. The first kappa shape index (κ1) is 11.5. The molecule has 0 aliphatic carbocycles. The number of rotatable bonds is 4. The highest BCUT2D eigenvalue weighted by Gasteiger charge is 2.02. The lowest BCUT2D eigenvalue weighted by Gasteiger charge is -2.00. The number of hydrogen-bond donors (Lipinski definition) is 1. The van der Waals surface area contributed by atoms with Gasteiger partial charge < -0.3 is 15.2 Å². The summed E-state index contributed by atoms with van der Waals surface area (Å²) in [5, 5.41) is 0. The van der Waals surface area contributed by atoms with Crippen molar-refractivity contribution in [2.24, 2.45) is 5.73 Å². The van der Waals surface area contributed by atoms with Gasteiger partial charge in [0.1, 0.15) is 6.61 Å². The van der Waals surface area contributed by atoms with E-state index in [9.17, 15) is 9.59 Å². The molecule has 0 heterocycles. The van der Waals surface area contributed by atoms with E-state index in [-0.39, 0.29) is 13.0 Å². The number of carbonyl (C=O) groups is 2. The smallest absolute Gasteiger partial charge is 0.332 e. The molecule has 0 amide bonds. The van der Waals surface area contributed by atoms with Crippen molar-refractivity contribution in [3.63, 3.8) is 0 Å². The van der Waals surface area contributed by atoms with E-state index in [1.54, 1.807) is 6.92 Å². The lowest BCUT2D eigenvalue weighted by Crippen LogP contribution is -2.10. The number of ether oxygens (including phenoxy) is 2. The number of esters is 2. The quantitative estimate of drug-likeness (QED) is 0.493. The van der Waals surface area contributed by atoms with Gasteiger partial charge in [-0.3, -0.25) is 4.79 Å². The number of allylic oxidation sites excluding steroid dienone is 1. The highest BCUT2D eigenvalue weighted by molar-refractivity contribution is 5.82. The zero-order chi connectivity index (χ0) is 10.3. The summed E-state index contributed by atoms with van der Waals surface area (Å²) in [6.07, 6.45) is 1.21. The molecular weight excluding hydrogens is 174 g/mol. The standard InChI is InChI=1S/C8H13NO4/c1-6(9)5-8(11)13-4-3-7(10)12-2/h5H,3-4,9H2,1-2H3/b6-5+. The van der Waals surface area contributed by atoms with E-state index < -0.39 is 11.9 Å². The molecule has 5 heteroatoms. The molecule has 0 saturated heterocycles. The van der Waals surface area contributed by atoms with Crippen molar-refractivity contribution in [3.05, 3.63) is 11.8 Å². The van der Waals surface area contributed by atoms with Crippen LogP contribution < -0.4 is 5.73 Å². The third kappa shape index (κ3) is 6.86. The first-order valence-corrected chi connectivity index (χ1v) is 3.73. The minimum atomic E-state index is -0.552. The van der Waals surface area contributed by atoms with Crippen LogP contribution in [-0.2, 0) is 19.1 Å². The Balaban J connectivity index is 3.60. The summed E-state index contributed by atoms with van der Waals surface area (Å²) in [6.45, 7) is 1.58. The average molecular weight is 187 g/mol. The molecule has 0 atom stereocenters. The Hall–Kier alpha value is -1.52. The molecule has 0 aliphatic heterocycles. The molecule has 0 aromatic rings. The molecule has 0 unspecified atom stereocenters. The van der Waals surface area contributed by atoms with E-state index in [1.807, 2.05) is 0 Å². The normalized spacial score (nSPS) is 10.8. The molecule has 0 spiro atoms. The largest absolute Gasteiger partial charge is 0.469 e. The molecule has 0 saturated carbocycles. The van der Waals surface area contributed by atoms with Gasteiger partial charge in [-0.05, 0) is 6.92 Å². The van der Waals surface area contributed by atoms with E-state index in [1.165, 1.54) is 7.11 Å². The van der Waals surface area contributed by atoms with Crippen LogP contribution in [0.2, 0.25) is 0 Å². The average Bonchev–Trinajstić information content (AvgIpc) is 2.02. The van der Waals surface area contributed by atoms with Gasteiger partial charge in [-0.15, -0.1) is 0 Å². The topological polar surface area (TPSA) is 78.6 Å². The fraction of sp³-hybridized carbons (Fsp3) is 0.500. The van der Waals surface area contributed by atoms with Crippen LogP contribution in [0.4, 0.5) is 0 Å². The number of nitrogens with two attached hydrogens (primary N) is 1. The molecule has 0 aromatic heterocycles. The third-order valence-corrected chi connectivity index (χ3v) is 1.12. The van der Waals surface area contributed by atoms with Crippen molar-refractivity contribution in [1.29, 1.82) is 0 Å². The Morgan fingerprint density at radius 2 is 2.08 bits per heavy atom. The van der Waals surface area contributed by atoms with Crippen LogP contribution in [0.5, 0.6) is 0 Å². The summed E-state index contributed by atoms with van der Waals surface area (Å²) in [5.74, 6) is -0.967. The summed E-state index contributed by atoms with van der Waals surface area (Å²) >= 11 is 0. The third-order valence-electron chi connectivity index (χ3n) is 1.12. The van der Waals surface area contributed by atoms with Crippen molar-refractivity contribution in [2.75, 3.05) is 13.7 Å². The summed E-state index contributed by atoms with van der Waals surface area (Å²) < 4.78 is 8.97. The Labute approximate surface area is 76.5 Å². The Morgan fingerprint density at radius 1 is 1.46 bits per heavy atom. The van der Waals surface area contributed by atoms with E-state index in [2.05, 4.69) is 9.47 Å². The molecule has 0 rings (SSSR count). The van der Waals surface area contributed by atoms with Crippen LogP contribution in [0.15, 0.2) is 11.8 Å². The molecule has 0 bridgehead atoms. The van der Waals surface area contributed by atoms with Crippen LogP contribution >= 0.6 is 0 Å². The Bertz CT molecular complexity index is 218. The molecule has 0 aromatic carbocycles. The van der Waals surface area contributed by atoms with E-state index in [0.29, 0.717) is 5.70 Å². The van der Waals surface area contributed by atoms with E-state index in [0.717, 1.165) is 6.08 Å². The highest BCUT2D eigenvalue weighted by atomic mass is 16.5. The molecule has 13 heavy (non-hydrogen) atoms. The predicted molar refractivity (Wildman–Crippen MR) is 45.5 cm³/mol. The number of methoxy groups -OCH3 is 1. The van der Waals surface area contributed by atoms with Gasteiger partial charge in [-0.2, -0.15) is 0 Å². The van der Waals surface area contributed by atoms with Gasteiger partial charge in [0, 0.05) is 11.8 Å². The molecule has 0 fully saturated rings. The molecule has 2 N–H and O–H groups in total. The zero-order valence-electron chi connectivity index (χ0n) is 7.70. The fourth-order valence-corrected chi connectivity index (χ4v) is 0.565. The second-order valence-electron chi connectivity index (χ2n) is 2.38.